The summed E-state index contributed by atoms with van der Waals surface area (Å²) in [6.07, 6.45) is 4.66. The lowest BCUT2D eigenvalue weighted by atomic mass is 9.95. The topological polar surface area (TPSA) is 38.0 Å². The summed E-state index contributed by atoms with van der Waals surface area (Å²) < 4.78 is 0. The number of nitrogens with two attached hydrogens (primary N) is 1. The lowest BCUT2D eigenvalue weighted by molar-refractivity contribution is 0.551. The largest absolute Gasteiger partial charge is 0.271 e. The molecule has 0 aliphatic heterocycles. The molecular formula is C19H24N2. The first kappa shape index (κ1) is 14.3. The quantitative estimate of drug-likeness (QED) is 0.664. The third kappa shape index (κ3) is 3.02. The maximum Gasteiger partial charge on any atom is 0.0500 e. The van der Waals surface area contributed by atoms with Gasteiger partial charge in [0.1, 0.15) is 0 Å². The number of nitrogens with one attached hydrogen (secondary N) is 1. The van der Waals surface area contributed by atoms with E-state index in [0.29, 0.717) is 0 Å². The molecule has 0 aromatic heterocycles. The van der Waals surface area contributed by atoms with Gasteiger partial charge >= 0.3 is 0 Å². The second-order valence-corrected chi connectivity index (χ2v) is 6.22. The highest BCUT2D eigenvalue weighted by Gasteiger charge is 2.16. The Morgan fingerprint density at radius 3 is 2.57 bits per heavy atom. The fourth-order valence-corrected chi connectivity index (χ4v) is 3.25. The average molecular weight is 280 g/mol. The average Bonchev–Trinajstić information content (AvgIpc) is 2.95. The van der Waals surface area contributed by atoms with Crippen LogP contribution in [0.3, 0.4) is 0 Å². The standard InChI is InChI=1S/C19H24N2/c1-13-6-7-15(10-14(13)2)11-19(21-20)18-9-8-16-4-3-5-17(16)12-18/h6-10,12,19,21H,3-5,11,20H2,1-2H3. The maximum atomic E-state index is 5.82. The summed E-state index contributed by atoms with van der Waals surface area (Å²) in [4.78, 5) is 0. The Labute approximate surface area is 127 Å². The minimum Gasteiger partial charge on any atom is -0.271 e. The summed E-state index contributed by atoms with van der Waals surface area (Å²) in [5.41, 5.74) is 11.3. The molecule has 2 aromatic rings. The van der Waals surface area contributed by atoms with Crippen molar-refractivity contribution < 1.29 is 0 Å². The molecule has 3 N–H and O–H groups in total. The normalized spacial score (nSPS) is 15.0. The summed E-state index contributed by atoms with van der Waals surface area (Å²) in [5.74, 6) is 5.82. The number of rotatable bonds is 4. The summed E-state index contributed by atoms with van der Waals surface area (Å²) in [5, 5.41) is 0. The molecule has 3 rings (SSSR count). The zero-order valence-corrected chi connectivity index (χ0v) is 12.9. The minimum atomic E-state index is 0.179. The van der Waals surface area contributed by atoms with E-state index >= 15 is 0 Å². The Morgan fingerprint density at radius 2 is 1.81 bits per heavy atom. The van der Waals surface area contributed by atoms with Crippen LogP contribution in [-0.2, 0) is 19.3 Å². The van der Waals surface area contributed by atoms with E-state index < -0.39 is 0 Å². The molecule has 0 heterocycles. The van der Waals surface area contributed by atoms with Crippen LogP contribution in [0.25, 0.3) is 0 Å². The molecule has 0 fully saturated rings. The van der Waals surface area contributed by atoms with Gasteiger partial charge in [0.2, 0.25) is 0 Å². The van der Waals surface area contributed by atoms with E-state index in [-0.39, 0.29) is 6.04 Å². The molecule has 2 aromatic carbocycles. The van der Waals surface area contributed by atoms with Crippen LogP contribution in [0.2, 0.25) is 0 Å². The fourth-order valence-electron chi connectivity index (χ4n) is 3.25. The number of hydrazine groups is 1. The van der Waals surface area contributed by atoms with Crippen LogP contribution in [0.5, 0.6) is 0 Å². The van der Waals surface area contributed by atoms with Gasteiger partial charge in [0, 0.05) is 6.04 Å². The monoisotopic (exact) mass is 280 g/mol. The van der Waals surface area contributed by atoms with Gasteiger partial charge in [-0.3, -0.25) is 11.3 Å². The van der Waals surface area contributed by atoms with E-state index in [4.69, 9.17) is 5.84 Å². The van der Waals surface area contributed by atoms with Gasteiger partial charge in [-0.2, -0.15) is 0 Å². The maximum absolute atomic E-state index is 5.82. The Morgan fingerprint density at radius 1 is 1.00 bits per heavy atom. The van der Waals surface area contributed by atoms with Crippen LogP contribution < -0.4 is 11.3 Å². The third-order valence-corrected chi connectivity index (χ3v) is 4.74. The number of hydrogen-bond donors (Lipinski definition) is 2. The molecule has 21 heavy (non-hydrogen) atoms. The molecule has 1 unspecified atom stereocenters. The van der Waals surface area contributed by atoms with Gasteiger partial charge in [0.25, 0.3) is 0 Å². The van der Waals surface area contributed by atoms with Crippen molar-refractivity contribution in [2.24, 2.45) is 5.84 Å². The van der Waals surface area contributed by atoms with Gasteiger partial charge in [0.15, 0.2) is 0 Å². The van der Waals surface area contributed by atoms with E-state index in [1.807, 2.05) is 0 Å². The van der Waals surface area contributed by atoms with Crippen molar-refractivity contribution >= 4 is 0 Å². The zero-order chi connectivity index (χ0) is 14.8. The van der Waals surface area contributed by atoms with Crippen molar-refractivity contribution in [3.8, 4) is 0 Å². The van der Waals surface area contributed by atoms with Crippen molar-refractivity contribution in [1.29, 1.82) is 0 Å². The number of aryl methyl sites for hydroxylation is 4. The molecule has 0 saturated heterocycles. The van der Waals surface area contributed by atoms with E-state index in [1.165, 1.54) is 52.6 Å². The van der Waals surface area contributed by atoms with Gasteiger partial charge in [0.05, 0.1) is 0 Å². The van der Waals surface area contributed by atoms with Gasteiger partial charge in [-0.05, 0) is 72.9 Å². The molecule has 0 bridgehead atoms. The van der Waals surface area contributed by atoms with E-state index in [2.05, 4.69) is 55.7 Å². The molecule has 110 valence electrons. The first-order valence-corrected chi connectivity index (χ1v) is 7.81. The first-order valence-electron chi connectivity index (χ1n) is 7.81. The predicted molar refractivity (Wildman–Crippen MR) is 88.2 cm³/mol. The predicted octanol–water partition coefficient (Wildman–Crippen LogP) is 3.54. The zero-order valence-electron chi connectivity index (χ0n) is 12.9. The summed E-state index contributed by atoms with van der Waals surface area (Å²) in [7, 11) is 0. The van der Waals surface area contributed by atoms with Crippen molar-refractivity contribution in [2.45, 2.75) is 45.6 Å². The van der Waals surface area contributed by atoms with Crippen LogP contribution in [0.4, 0.5) is 0 Å². The van der Waals surface area contributed by atoms with Gasteiger partial charge < -0.3 is 0 Å². The molecule has 0 amide bonds. The van der Waals surface area contributed by atoms with Gasteiger partial charge in [-0.15, -0.1) is 0 Å². The van der Waals surface area contributed by atoms with Crippen molar-refractivity contribution in [3.63, 3.8) is 0 Å². The number of hydrogen-bond acceptors (Lipinski definition) is 2. The molecule has 0 radical (unpaired) electrons. The minimum absolute atomic E-state index is 0.179. The Balaban J connectivity index is 1.83. The van der Waals surface area contributed by atoms with E-state index in [0.717, 1.165) is 6.42 Å². The molecule has 1 aliphatic rings. The van der Waals surface area contributed by atoms with Gasteiger partial charge in [-0.25, -0.2) is 0 Å². The summed E-state index contributed by atoms with van der Waals surface area (Å²) >= 11 is 0. The summed E-state index contributed by atoms with van der Waals surface area (Å²) in [6, 6.07) is 13.7. The molecular weight excluding hydrogens is 256 g/mol. The van der Waals surface area contributed by atoms with E-state index in [9.17, 15) is 0 Å². The molecule has 1 aliphatic carbocycles. The molecule has 1 atom stereocenters. The van der Waals surface area contributed by atoms with Crippen LogP contribution in [0.15, 0.2) is 36.4 Å². The number of fused-ring (bicyclic) bond motifs is 1. The van der Waals surface area contributed by atoms with Crippen molar-refractivity contribution in [1.82, 2.24) is 5.43 Å². The van der Waals surface area contributed by atoms with Crippen LogP contribution >= 0.6 is 0 Å². The lowest BCUT2D eigenvalue weighted by Gasteiger charge is -2.18. The number of benzene rings is 2. The highest BCUT2D eigenvalue weighted by Crippen LogP contribution is 2.27. The molecule has 2 heteroatoms. The Hall–Kier alpha value is -1.64. The SMILES string of the molecule is Cc1ccc(CC(NN)c2ccc3c(c2)CCC3)cc1C. The highest BCUT2D eigenvalue weighted by molar-refractivity contribution is 5.38. The van der Waals surface area contributed by atoms with E-state index in [1.54, 1.807) is 0 Å². The second-order valence-electron chi connectivity index (χ2n) is 6.22. The Bertz CT molecular complexity index is 646. The lowest BCUT2D eigenvalue weighted by Crippen LogP contribution is -2.29. The van der Waals surface area contributed by atoms with Crippen LogP contribution in [0, 0.1) is 13.8 Å². The van der Waals surface area contributed by atoms with Crippen molar-refractivity contribution in [2.75, 3.05) is 0 Å². The molecule has 0 saturated carbocycles. The van der Waals surface area contributed by atoms with Gasteiger partial charge in [-0.1, -0.05) is 36.4 Å². The molecule has 2 nitrogen and oxygen atoms in total. The van der Waals surface area contributed by atoms with Crippen LogP contribution in [0.1, 0.15) is 45.8 Å². The summed E-state index contributed by atoms with van der Waals surface area (Å²) in [6.45, 7) is 4.32. The van der Waals surface area contributed by atoms with Crippen LogP contribution in [-0.4, -0.2) is 0 Å². The third-order valence-electron chi connectivity index (χ3n) is 4.74. The highest BCUT2D eigenvalue weighted by atomic mass is 15.2. The smallest absolute Gasteiger partial charge is 0.0500 e. The fraction of sp³-hybridized carbons (Fsp3) is 0.368. The first-order chi connectivity index (χ1) is 10.2. The molecule has 0 spiro atoms. The second kappa shape index (κ2) is 6.00. The Kier molecular flexibility index (Phi) is 4.09. The van der Waals surface area contributed by atoms with Crippen molar-refractivity contribution in [3.05, 3.63) is 69.8 Å².